The molecule has 0 aliphatic heterocycles. The van der Waals surface area contributed by atoms with E-state index in [1.54, 1.807) is 55.2 Å². The summed E-state index contributed by atoms with van der Waals surface area (Å²) in [6.45, 7) is 1.87. The lowest BCUT2D eigenvalue weighted by Gasteiger charge is -2.12. The van der Waals surface area contributed by atoms with Crippen molar-refractivity contribution in [2.45, 2.75) is 13.3 Å². The minimum atomic E-state index is -0.333. The van der Waals surface area contributed by atoms with Gasteiger partial charge in [0.05, 0.1) is 23.1 Å². The second-order valence-corrected chi connectivity index (χ2v) is 6.80. The van der Waals surface area contributed by atoms with Crippen molar-refractivity contribution in [3.8, 4) is 11.4 Å². The van der Waals surface area contributed by atoms with Crippen LogP contribution in [-0.4, -0.2) is 47.2 Å². The number of ether oxygens (including phenoxy) is 1. The van der Waals surface area contributed by atoms with Crippen molar-refractivity contribution < 1.29 is 18.7 Å². The normalized spacial score (nSPS) is 10.5. The summed E-state index contributed by atoms with van der Waals surface area (Å²) in [6, 6.07) is 12.7. The van der Waals surface area contributed by atoms with Crippen molar-refractivity contribution in [3.63, 3.8) is 0 Å². The SMILES string of the molecule is CCc1c(C(=O)Nc2ccc(OCC(=O)N(C)C)cc2)cnn1-c1ccc(F)cc1. The van der Waals surface area contributed by atoms with Crippen molar-refractivity contribution in [3.05, 3.63) is 71.8 Å². The average molecular weight is 410 g/mol. The molecule has 0 aliphatic carbocycles. The van der Waals surface area contributed by atoms with Crippen molar-refractivity contribution in [2.24, 2.45) is 0 Å². The molecule has 0 radical (unpaired) electrons. The lowest BCUT2D eigenvalue weighted by molar-refractivity contribution is -0.130. The lowest BCUT2D eigenvalue weighted by Crippen LogP contribution is -2.27. The number of rotatable bonds is 7. The Bertz CT molecular complexity index is 1030. The third-order valence-electron chi connectivity index (χ3n) is 4.49. The predicted octanol–water partition coefficient (Wildman–Crippen LogP) is 3.29. The third kappa shape index (κ3) is 4.83. The van der Waals surface area contributed by atoms with E-state index in [9.17, 15) is 14.0 Å². The van der Waals surface area contributed by atoms with E-state index in [1.807, 2.05) is 6.92 Å². The highest BCUT2D eigenvalue weighted by Gasteiger charge is 2.17. The largest absolute Gasteiger partial charge is 0.484 e. The number of likely N-dealkylation sites (N-methyl/N-ethyl adjacent to an activating group) is 1. The summed E-state index contributed by atoms with van der Waals surface area (Å²) in [7, 11) is 3.32. The van der Waals surface area contributed by atoms with Gasteiger partial charge in [0.1, 0.15) is 11.6 Å². The number of benzene rings is 2. The molecule has 3 aromatic rings. The average Bonchev–Trinajstić information content (AvgIpc) is 3.17. The molecule has 0 atom stereocenters. The van der Waals surface area contributed by atoms with Crippen LogP contribution >= 0.6 is 0 Å². The van der Waals surface area contributed by atoms with Gasteiger partial charge in [0.2, 0.25) is 0 Å². The Balaban J connectivity index is 1.70. The second-order valence-electron chi connectivity index (χ2n) is 6.80. The maximum atomic E-state index is 13.2. The van der Waals surface area contributed by atoms with Crippen LogP contribution in [0.4, 0.5) is 10.1 Å². The van der Waals surface area contributed by atoms with E-state index in [0.29, 0.717) is 29.1 Å². The van der Waals surface area contributed by atoms with E-state index in [-0.39, 0.29) is 24.2 Å². The Morgan fingerprint density at radius 3 is 2.37 bits per heavy atom. The Morgan fingerprint density at radius 1 is 1.10 bits per heavy atom. The molecule has 3 rings (SSSR count). The van der Waals surface area contributed by atoms with Crippen LogP contribution in [0, 0.1) is 5.82 Å². The number of halogens is 1. The van der Waals surface area contributed by atoms with Crippen molar-refractivity contribution >= 4 is 17.5 Å². The third-order valence-corrected chi connectivity index (χ3v) is 4.49. The molecule has 30 heavy (non-hydrogen) atoms. The van der Waals surface area contributed by atoms with E-state index in [4.69, 9.17) is 4.74 Å². The van der Waals surface area contributed by atoms with Crippen LogP contribution in [-0.2, 0) is 11.2 Å². The summed E-state index contributed by atoms with van der Waals surface area (Å²) in [5.74, 6) is -0.240. The van der Waals surface area contributed by atoms with Crippen LogP contribution in [0.5, 0.6) is 5.75 Å². The molecule has 2 amide bonds. The Hall–Kier alpha value is -3.68. The number of hydrogen-bond donors (Lipinski definition) is 1. The van der Waals surface area contributed by atoms with Crippen molar-refractivity contribution in [2.75, 3.05) is 26.0 Å². The quantitative estimate of drug-likeness (QED) is 0.649. The first-order valence-corrected chi connectivity index (χ1v) is 9.46. The van der Waals surface area contributed by atoms with E-state index < -0.39 is 0 Å². The Kier molecular flexibility index (Phi) is 6.46. The molecule has 156 valence electrons. The van der Waals surface area contributed by atoms with Gasteiger partial charge in [-0.25, -0.2) is 9.07 Å². The molecule has 2 aromatic carbocycles. The van der Waals surface area contributed by atoms with Gasteiger partial charge in [0, 0.05) is 19.8 Å². The fourth-order valence-electron chi connectivity index (χ4n) is 2.82. The summed E-state index contributed by atoms with van der Waals surface area (Å²) < 4.78 is 20.2. The van der Waals surface area contributed by atoms with Gasteiger partial charge < -0.3 is 15.0 Å². The Labute approximate surface area is 174 Å². The fraction of sp³-hybridized carbons (Fsp3) is 0.227. The summed E-state index contributed by atoms with van der Waals surface area (Å²) in [5, 5.41) is 7.13. The summed E-state index contributed by atoms with van der Waals surface area (Å²) in [4.78, 5) is 25.8. The highest BCUT2D eigenvalue weighted by atomic mass is 19.1. The highest BCUT2D eigenvalue weighted by Crippen LogP contribution is 2.20. The standard InChI is InChI=1S/C22H23FN4O3/c1-4-20-19(13-24-27(20)17-9-5-15(23)6-10-17)22(29)25-16-7-11-18(12-8-16)30-14-21(28)26(2)3/h5-13H,4,14H2,1-3H3,(H,25,29). The zero-order chi connectivity index (χ0) is 21.7. The van der Waals surface area contributed by atoms with Crippen LogP contribution in [0.3, 0.4) is 0 Å². The number of nitrogens with one attached hydrogen (secondary N) is 1. The molecule has 0 saturated heterocycles. The number of carbonyl (C=O) groups excluding carboxylic acids is 2. The van der Waals surface area contributed by atoms with Crippen LogP contribution < -0.4 is 10.1 Å². The van der Waals surface area contributed by atoms with Gasteiger partial charge in [0.15, 0.2) is 6.61 Å². The van der Waals surface area contributed by atoms with Crippen molar-refractivity contribution in [1.29, 1.82) is 0 Å². The maximum Gasteiger partial charge on any atom is 0.259 e. The molecule has 0 unspecified atom stereocenters. The van der Waals surface area contributed by atoms with Crippen LogP contribution in [0.25, 0.3) is 5.69 Å². The molecule has 1 N–H and O–H groups in total. The number of hydrogen-bond acceptors (Lipinski definition) is 4. The van der Waals surface area contributed by atoms with E-state index in [2.05, 4.69) is 10.4 Å². The number of amides is 2. The minimum absolute atomic E-state index is 0.0544. The zero-order valence-electron chi connectivity index (χ0n) is 17.1. The molecule has 8 heteroatoms. The zero-order valence-corrected chi connectivity index (χ0v) is 17.1. The van der Waals surface area contributed by atoms with Gasteiger partial charge in [-0.2, -0.15) is 5.10 Å². The van der Waals surface area contributed by atoms with Gasteiger partial charge in [0.25, 0.3) is 11.8 Å². The first-order chi connectivity index (χ1) is 14.4. The molecule has 1 heterocycles. The summed E-state index contributed by atoms with van der Waals surface area (Å²) >= 11 is 0. The van der Waals surface area contributed by atoms with E-state index in [0.717, 1.165) is 5.69 Å². The predicted molar refractivity (Wildman–Crippen MR) is 111 cm³/mol. The van der Waals surface area contributed by atoms with Crippen LogP contribution in [0.15, 0.2) is 54.7 Å². The number of nitrogens with zero attached hydrogens (tertiary/aromatic N) is 3. The summed E-state index contributed by atoms with van der Waals surface area (Å²) in [6.07, 6.45) is 2.08. The fourth-order valence-corrected chi connectivity index (χ4v) is 2.82. The first kappa shape index (κ1) is 21.0. The van der Waals surface area contributed by atoms with E-state index >= 15 is 0 Å². The lowest BCUT2D eigenvalue weighted by atomic mass is 10.1. The minimum Gasteiger partial charge on any atom is -0.484 e. The molecule has 0 bridgehead atoms. The molecule has 1 aromatic heterocycles. The molecular weight excluding hydrogens is 387 g/mol. The first-order valence-electron chi connectivity index (χ1n) is 9.46. The second kappa shape index (κ2) is 9.21. The smallest absolute Gasteiger partial charge is 0.259 e. The van der Waals surface area contributed by atoms with Gasteiger partial charge in [-0.1, -0.05) is 6.92 Å². The molecule has 0 spiro atoms. The number of aromatic nitrogens is 2. The number of anilines is 1. The molecular formula is C22H23FN4O3. The monoisotopic (exact) mass is 410 g/mol. The number of carbonyl (C=O) groups is 2. The maximum absolute atomic E-state index is 13.2. The molecule has 0 fully saturated rings. The van der Waals surface area contributed by atoms with Gasteiger partial charge in [-0.05, 0) is 55.0 Å². The molecule has 7 nitrogen and oxygen atoms in total. The van der Waals surface area contributed by atoms with Crippen LogP contribution in [0.2, 0.25) is 0 Å². The van der Waals surface area contributed by atoms with Crippen molar-refractivity contribution in [1.82, 2.24) is 14.7 Å². The molecule has 0 saturated carbocycles. The Morgan fingerprint density at radius 2 is 1.77 bits per heavy atom. The molecule has 0 aliphatic rings. The highest BCUT2D eigenvalue weighted by molar-refractivity contribution is 6.05. The van der Waals surface area contributed by atoms with Gasteiger partial charge >= 0.3 is 0 Å². The summed E-state index contributed by atoms with van der Waals surface area (Å²) in [5.41, 5.74) is 2.43. The van der Waals surface area contributed by atoms with Gasteiger partial charge in [-0.15, -0.1) is 0 Å². The topological polar surface area (TPSA) is 76.5 Å². The van der Waals surface area contributed by atoms with E-state index in [1.165, 1.54) is 23.2 Å². The van der Waals surface area contributed by atoms with Crippen LogP contribution in [0.1, 0.15) is 23.0 Å². The van der Waals surface area contributed by atoms with Gasteiger partial charge in [-0.3, -0.25) is 9.59 Å².